The zero-order valence-corrected chi connectivity index (χ0v) is 14.0. The third kappa shape index (κ3) is 5.01. The molecule has 0 bridgehead atoms. The lowest BCUT2D eigenvalue weighted by Gasteiger charge is -2.33. The second kappa shape index (κ2) is 8.59. The summed E-state index contributed by atoms with van der Waals surface area (Å²) in [6.07, 6.45) is 7.24. The molecule has 1 aromatic rings. The summed E-state index contributed by atoms with van der Waals surface area (Å²) >= 11 is 0. The summed E-state index contributed by atoms with van der Waals surface area (Å²) in [6, 6.07) is 8.38. The van der Waals surface area contributed by atoms with Crippen LogP contribution in [0.2, 0.25) is 0 Å². The van der Waals surface area contributed by atoms with Crippen molar-refractivity contribution in [3.8, 4) is 18.1 Å². The zero-order valence-electron chi connectivity index (χ0n) is 14.0. The molecular formula is C19H26N2O2. The van der Waals surface area contributed by atoms with Crippen LogP contribution >= 0.6 is 0 Å². The van der Waals surface area contributed by atoms with Crippen LogP contribution in [-0.2, 0) is 11.3 Å². The maximum absolute atomic E-state index is 12.0. The molecule has 4 nitrogen and oxygen atoms in total. The third-order valence-corrected chi connectivity index (χ3v) is 4.17. The van der Waals surface area contributed by atoms with Crippen molar-refractivity contribution in [1.82, 2.24) is 10.2 Å². The van der Waals surface area contributed by atoms with E-state index in [1.54, 1.807) is 0 Å². The number of piperidine rings is 1. The van der Waals surface area contributed by atoms with E-state index in [9.17, 15) is 4.79 Å². The Morgan fingerprint density at radius 2 is 2.09 bits per heavy atom. The van der Waals surface area contributed by atoms with Gasteiger partial charge in [0.05, 0.1) is 0 Å². The molecule has 23 heavy (non-hydrogen) atoms. The lowest BCUT2D eigenvalue weighted by molar-refractivity contribution is -0.135. The lowest BCUT2D eigenvalue weighted by atomic mass is 10.0. The Morgan fingerprint density at radius 3 is 2.74 bits per heavy atom. The molecule has 0 radical (unpaired) electrons. The van der Waals surface area contributed by atoms with Crippen LogP contribution < -0.4 is 10.1 Å². The summed E-state index contributed by atoms with van der Waals surface area (Å²) in [6.45, 7) is 6.63. The van der Waals surface area contributed by atoms with Crippen molar-refractivity contribution in [2.75, 3.05) is 19.7 Å². The summed E-state index contributed by atoms with van der Waals surface area (Å²) in [5.74, 6) is 3.68. The molecule has 1 saturated heterocycles. The highest BCUT2D eigenvalue weighted by Crippen LogP contribution is 2.19. The highest BCUT2D eigenvalue weighted by molar-refractivity contribution is 5.78. The van der Waals surface area contributed by atoms with Gasteiger partial charge in [-0.25, -0.2) is 0 Å². The molecular weight excluding hydrogens is 288 g/mol. The molecule has 0 saturated carbocycles. The van der Waals surface area contributed by atoms with Crippen LogP contribution in [0.1, 0.15) is 32.3 Å². The van der Waals surface area contributed by atoms with E-state index in [0.29, 0.717) is 6.04 Å². The van der Waals surface area contributed by atoms with Gasteiger partial charge in [0.1, 0.15) is 12.4 Å². The smallest absolute Gasteiger partial charge is 0.225 e. The van der Waals surface area contributed by atoms with E-state index in [1.807, 2.05) is 36.9 Å². The van der Waals surface area contributed by atoms with Crippen molar-refractivity contribution in [1.29, 1.82) is 0 Å². The van der Waals surface area contributed by atoms with E-state index < -0.39 is 0 Å². The molecule has 1 heterocycles. The number of likely N-dealkylation sites (tertiary alicyclic amines) is 1. The van der Waals surface area contributed by atoms with E-state index in [0.717, 1.165) is 43.8 Å². The SMILES string of the molecule is C#CCOc1ccccc1CNC1CCN(C(=O)C(C)C)CC1. The molecule has 0 spiro atoms. The molecule has 0 aliphatic carbocycles. The largest absolute Gasteiger partial charge is 0.481 e. The van der Waals surface area contributed by atoms with Crippen molar-refractivity contribution < 1.29 is 9.53 Å². The van der Waals surface area contributed by atoms with Crippen LogP contribution in [0.5, 0.6) is 5.75 Å². The van der Waals surface area contributed by atoms with E-state index in [4.69, 9.17) is 11.2 Å². The quantitative estimate of drug-likeness (QED) is 0.820. The molecule has 0 atom stereocenters. The molecule has 2 rings (SSSR count). The van der Waals surface area contributed by atoms with Gasteiger partial charge in [-0.15, -0.1) is 6.42 Å². The fourth-order valence-corrected chi connectivity index (χ4v) is 2.83. The van der Waals surface area contributed by atoms with Crippen molar-refractivity contribution >= 4 is 5.91 Å². The highest BCUT2D eigenvalue weighted by Gasteiger charge is 2.23. The predicted molar refractivity (Wildman–Crippen MR) is 92.0 cm³/mol. The molecule has 124 valence electrons. The number of hydrogen-bond donors (Lipinski definition) is 1. The number of nitrogens with zero attached hydrogens (tertiary/aromatic N) is 1. The van der Waals surface area contributed by atoms with Crippen molar-refractivity contribution in [2.24, 2.45) is 5.92 Å². The molecule has 1 aromatic carbocycles. The zero-order chi connectivity index (χ0) is 16.7. The molecule has 1 N–H and O–H groups in total. The van der Waals surface area contributed by atoms with Gasteiger partial charge in [0.25, 0.3) is 0 Å². The average Bonchev–Trinajstić information content (AvgIpc) is 2.58. The van der Waals surface area contributed by atoms with E-state index >= 15 is 0 Å². The Balaban J connectivity index is 1.82. The van der Waals surface area contributed by atoms with Crippen LogP contribution in [0.15, 0.2) is 24.3 Å². The number of nitrogens with one attached hydrogen (secondary N) is 1. The minimum atomic E-state index is 0.0830. The first-order chi connectivity index (χ1) is 11.1. The number of carbonyl (C=O) groups excluding carboxylic acids is 1. The molecule has 0 aromatic heterocycles. The Bertz CT molecular complexity index is 555. The Morgan fingerprint density at radius 1 is 1.39 bits per heavy atom. The summed E-state index contributed by atoms with van der Waals surface area (Å²) in [4.78, 5) is 14.0. The van der Waals surface area contributed by atoms with Crippen molar-refractivity contribution in [3.63, 3.8) is 0 Å². The molecule has 1 aliphatic rings. The molecule has 1 amide bonds. The number of terminal acetylenes is 1. The fraction of sp³-hybridized carbons (Fsp3) is 0.526. The van der Waals surface area contributed by atoms with E-state index in [2.05, 4.69) is 17.3 Å². The van der Waals surface area contributed by atoms with Gasteiger partial charge in [0, 0.05) is 37.2 Å². The van der Waals surface area contributed by atoms with Crippen molar-refractivity contribution in [3.05, 3.63) is 29.8 Å². The summed E-state index contributed by atoms with van der Waals surface area (Å²) in [5.41, 5.74) is 1.11. The first kappa shape index (κ1) is 17.4. The van der Waals surface area contributed by atoms with Gasteiger partial charge in [-0.05, 0) is 18.9 Å². The van der Waals surface area contributed by atoms with Crippen LogP contribution in [0.25, 0.3) is 0 Å². The van der Waals surface area contributed by atoms with Crippen LogP contribution in [0, 0.1) is 18.3 Å². The minimum absolute atomic E-state index is 0.0830. The Kier molecular flexibility index (Phi) is 6.49. The lowest BCUT2D eigenvalue weighted by Crippen LogP contribution is -2.46. The van der Waals surface area contributed by atoms with Crippen LogP contribution in [0.3, 0.4) is 0 Å². The van der Waals surface area contributed by atoms with Gasteiger partial charge in [0.15, 0.2) is 0 Å². The maximum Gasteiger partial charge on any atom is 0.225 e. The first-order valence-corrected chi connectivity index (χ1v) is 8.28. The predicted octanol–water partition coefficient (Wildman–Crippen LogP) is 2.44. The number of carbonyl (C=O) groups is 1. The van der Waals surface area contributed by atoms with Gasteiger partial charge >= 0.3 is 0 Å². The minimum Gasteiger partial charge on any atom is -0.481 e. The van der Waals surface area contributed by atoms with Gasteiger partial charge < -0.3 is 15.0 Å². The van der Waals surface area contributed by atoms with Gasteiger partial charge in [-0.3, -0.25) is 4.79 Å². The van der Waals surface area contributed by atoms with Gasteiger partial charge in [-0.2, -0.15) is 0 Å². The monoisotopic (exact) mass is 314 g/mol. The Hall–Kier alpha value is -1.99. The molecule has 0 unspecified atom stereocenters. The number of rotatable bonds is 6. The first-order valence-electron chi connectivity index (χ1n) is 8.28. The summed E-state index contributed by atoms with van der Waals surface area (Å²) < 4.78 is 5.57. The number of amides is 1. The van der Waals surface area contributed by atoms with Crippen LogP contribution in [-0.4, -0.2) is 36.5 Å². The number of hydrogen-bond acceptors (Lipinski definition) is 3. The Labute approximate surface area is 139 Å². The van der Waals surface area contributed by atoms with Crippen molar-refractivity contribution in [2.45, 2.75) is 39.3 Å². The summed E-state index contributed by atoms with van der Waals surface area (Å²) in [7, 11) is 0. The highest BCUT2D eigenvalue weighted by atomic mass is 16.5. The van der Waals surface area contributed by atoms with Gasteiger partial charge in [0.2, 0.25) is 5.91 Å². The molecule has 1 aliphatic heterocycles. The standard InChI is InChI=1S/C19H26N2O2/c1-4-13-23-18-8-6-5-7-16(18)14-20-17-9-11-21(12-10-17)19(22)15(2)3/h1,5-8,15,17,20H,9-14H2,2-3H3. The number of para-hydroxylation sites is 1. The fourth-order valence-electron chi connectivity index (χ4n) is 2.83. The number of benzene rings is 1. The normalized spacial score (nSPS) is 15.5. The van der Waals surface area contributed by atoms with Gasteiger partial charge in [-0.1, -0.05) is 38.0 Å². The maximum atomic E-state index is 12.0. The van der Waals surface area contributed by atoms with Crippen LogP contribution in [0.4, 0.5) is 0 Å². The second-order valence-electron chi connectivity index (χ2n) is 6.24. The van der Waals surface area contributed by atoms with E-state index in [1.165, 1.54) is 0 Å². The second-order valence-corrected chi connectivity index (χ2v) is 6.24. The average molecular weight is 314 g/mol. The molecule has 1 fully saturated rings. The third-order valence-electron chi connectivity index (χ3n) is 4.17. The van der Waals surface area contributed by atoms with E-state index in [-0.39, 0.29) is 18.4 Å². The number of ether oxygens (including phenoxy) is 1. The topological polar surface area (TPSA) is 41.6 Å². The summed E-state index contributed by atoms with van der Waals surface area (Å²) in [5, 5.41) is 3.57. The molecule has 4 heteroatoms.